The molecular weight excluding hydrogens is 281 g/mol. The van der Waals surface area contributed by atoms with E-state index in [9.17, 15) is 13.2 Å². The summed E-state index contributed by atoms with van der Waals surface area (Å²) in [5.74, 6) is 0.561. The smallest absolute Gasteiger partial charge is 0.338 e. The first kappa shape index (κ1) is 13.9. The highest BCUT2D eigenvalue weighted by molar-refractivity contribution is 6.20. The van der Waals surface area contributed by atoms with Crippen LogP contribution in [-0.4, -0.2) is 10.1 Å². The Labute approximate surface area is 112 Å². The van der Waals surface area contributed by atoms with E-state index >= 15 is 0 Å². The topological polar surface area (TPSA) is 38.9 Å². The standard InChI is InChI=1S/C12H10ClF3N2O/c1-7(13)11-17-10(18-19-11)6-8-3-2-4-9(5-8)12(14,15)16/h2-5,7H,6H2,1H3. The van der Waals surface area contributed by atoms with Gasteiger partial charge in [-0.25, -0.2) is 0 Å². The van der Waals surface area contributed by atoms with Crippen LogP contribution < -0.4 is 0 Å². The second-order valence-corrected chi connectivity index (χ2v) is 4.69. The fourth-order valence-corrected chi connectivity index (χ4v) is 1.63. The maximum Gasteiger partial charge on any atom is 0.416 e. The quantitative estimate of drug-likeness (QED) is 0.803. The number of rotatable bonds is 3. The Bertz CT molecular complexity index is 566. The summed E-state index contributed by atoms with van der Waals surface area (Å²) in [5.41, 5.74) is -0.233. The van der Waals surface area contributed by atoms with Gasteiger partial charge in [-0.15, -0.1) is 11.6 Å². The zero-order valence-electron chi connectivity index (χ0n) is 9.91. The van der Waals surface area contributed by atoms with Crippen LogP contribution in [0.15, 0.2) is 28.8 Å². The molecule has 1 unspecified atom stereocenters. The molecular formula is C12H10ClF3N2O. The third-order valence-electron chi connectivity index (χ3n) is 2.44. The molecule has 1 aromatic heterocycles. The molecule has 0 bridgehead atoms. The maximum absolute atomic E-state index is 12.5. The molecule has 2 rings (SSSR count). The molecule has 19 heavy (non-hydrogen) atoms. The van der Waals surface area contributed by atoms with Crippen LogP contribution in [0.4, 0.5) is 13.2 Å². The highest BCUT2D eigenvalue weighted by Gasteiger charge is 2.30. The first-order chi connectivity index (χ1) is 8.86. The number of hydrogen-bond donors (Lipinski definition) is 0. The maximum atomic E-state index is 12.5. The molecule has 3 nitrogen and oxygen atoms in total. The van der Waals surface area contributed by atoms with Crippen molar-refractivity contribution in [3.8, 4) is 0 Å². The molecule has 7 heteroatoms. The Hall–Kier alpha value is -1.56. The van der Waals surface area contributed by atoms with Crippen LogP contribution in [-0.2, 0) is 12.6 Å². The summed E-state index contributed by atoms with van der Waals surface area (Å²) in [6.07, 6.45) is -4.19. The van der Waals surface area contributed by atoms with Gasteiger partial charge in [0.1, 0.15) is 5.38 Å². The summed E-state index contributed by atoms with van der Waals surface area (Å²) in [4.78, 5) is 4.01. The Kier molecular flexibility index (Phi) is 3.80. The highest BCUT2D eigenvalue weighted by Crippen LogP contribution is 2.29. The van der Waals surface area contributed by atoms with Crippen molar-refractivity contribution in [1.82, 2.24) is 10.1 Å². The summed E-state index contributed by atoms with van der Waals surface area (Å²) >= 11 is 5.76. The number of aromatic nitrogens is 2. The van der Waals surface area contributed by atoms with Crippen molar-refractivity contribution in [2.45, 2.75) is 24.9 Å². The van der Waals surface area contributed by atoms with Gasteiger partial charge in [0.2, 0.25) is 5.89 Å². The Morgan fingerprint density at radius 3 is 2.68 bits per heavy atom. The predicted molar refractivity (Wildman–Crippen MR) is 62.8 cm³/mol. The van der Waals surface area contributed by atoms with E-state index in [2.05, 4.69) is 10.1 Å². The van der Waals surface area contributed by atoms with Crippen molar-refractivity contribution in [1.29, 1.82) is 0 Å². The molecule has 0 fully saturated rings. The first-order valence-corrected chi connectivity index (χ1v) is 5.92. The van der Waals surface area contributed by atoms with Crippen LogP contribution in [0.1, 0.15) is 35.1 Å². The zero-order chi connectivity index (χ0) is 14.0. The fourth-order valence-electron chi connectivity index (χ4n) is 1.54. The molecule has 0 N–H and O–H groups in total. The summed E-state index contributed by atoms with van der Waals surface area (Å²) < 4.78 is 42.5. The molecule has 1 atom stereocenters. The molecule has 1 aromatic carbocycles. The molecule has 0 radical (unpaired) electrons. The molecule has 2 aromatic rings. The molecule has 1 heterocycles. The minimum absolute atomic E-state index is 0.164. The molecule has 0 aliphatic rings. The van der Waals surface area contributed by atoms with Gasteiger partial charge in [-0.05, 0) is 18.6 Å². The van der Waals surface area contributed by atoms with Gasteiger partial charge in [0.05, 0.1) is 5.56 Å². The Morgan fingerprint density at radius 1 is 1.37 bits per heavy atom. The number of halogens is 4. The molecule has 0 amide bonds. The van der Waals surface area contributed by atoms with Gasteiger partial charge in [-0.2, -0.15) is 18.2 Å². The van der Waals surface area contributed by atoms with Gasteiger partial charge in [0, 0.05) is 6.42 Å². The molecule has 0 saturated heterocycles. The third kappa shape index (κ3) is 3.47. The van der Waals surface area contributed by atoms with Crippen LogP contribution in [0.2, 0.25) is 0 Å². The van der Waals surface area contributed by atoms with E-state index in [0.29, 0.717) is 11.4 Å². The van der Waals surface area contributed by atoms with Crippen LogP contribution in [0.5, 0.6) is 0 Å². The fraction of sp³-hybridized carbons (Fsp3) is 0.333. The lowest BCUT2D eigenvalue weighted by Gasteiger charge is -2.07. The average Bonchev–Trinajstić information content (AvgIpc) is 2.77. The molecule has 0 spiro atoms. The van der Waals surface area contributed by atoms with Crippen LogP contribution >= 0.6 is 11.6 Å². The van der Waals surface area contributed by atoms with Crippen molar-refractivity contribution in [3.05, 3.63) is 47.1 Å². The second kappa shape index (κ2) is 5.21. The largest absolute Gasteiger partial charge is 0.416 e. The first-order valence-electron chi connectivity index (χ1n) is 5.49. The zero-order valence-corrected chi connectivity index (χ0v) is 10.7. The summed E-state index contributed by atoms with van der Waals surface area (Å²) in [7, 11) is 0. The summed E-state index contributed by atoms with van der Waals surface area (Å²) in [6, 6.07) is 5.02. The van der Waals surface area contributed by atoms with Gasteiger partial charge in [0.15, 0.2) is 5.82 Å². The van der Waals surface area contributed by atoms with E-state index in [1.165, 1.54) is 6.07 Å². The summed E-state index contributed by atoms with van der Waals surface area (Å²) in [5, 5.41) is 3.24. The lowest BCUT2D eigenvalue weighted by atomic mass is 10.1. The van der Waals surface area contributed by atoms with Crippen molar-refractivity contribution < 1.29 is 17.7 Å². The normalized spacial score (nSPS) is 13.5. The van der Waals surface area contributed by atoms with Crippen molar-refractivity contribution >= 4 is 11.6 Å². The van der Waals surface area contributed by atoms with Crippen LogP contribution in [0.25, 0.3) is 0 Å². The highest BCUT2D eigenvalue weighted by atomic mass is 35.5. The van der Waals surface area contributed by atoms with Crippen LogP contribution in [0.3, 0.4) is 0 Å². The monoisotopic (exact) mass is 290 g/mol. The summed E-state index contributed by atoms with van der Waals surface area (Å²) in [6.45, 7) is 1.67. The molecule has 0 saturated carbocycles. The molecule has 102 valence electrons. The van der Waals surface area contributed by atoms with Gasteiger partial charge >= 0.3 is 6.18 Å². The average molecular weight is 291 g/mol. The number of benzene rings is 1. The third-order valence-corrected chi connectivity index (χ3v) is 2.63. The van der Waals surface area contributed by atoms with Crippen LogP contribution in [0, 0.1) is 0 Å². The van der Waals surface area contributed by atoms with Crippen molar-refractivity contribution in [2.24, 2.45) is 0 Å². The van der Waals surface area contributed by atoms with Crippen molar-refractivity contribution in [2.75, 3.05) is 0 Å². The SMILES string of the molecule is CC(Cl)c1nc(Cc2cccc(C(F)(F)F)c2)no1. The number of nitrogens with zero attached hydrogens (tertiary/aromatic N) is 2. The van der Waals surface area contributed by atoms with Gasteiger partial charge in [-0.1, -0.05) is 23.4 Å². The van der Waals surface area contributed by atoms with E-state index in [-0.39, 0.29) is 12.3 Å². The molecule has 0 aliphatic heterocycles. The minimum Gasteiger partial charge on any atom is -0.338 e. The van der Waals surface area contributed by atoms with Gasteiger partial charge in [0.25, 0.3) is 0 Å². The van der Waals surface area contributed by atoms with E-state index < -0.39 is 17.1 Å². The Morgan fingerprint density at radius 2 is 2.11 bits per heavy atom. The van der Waals surface area contributed by atoms with E-state index in [1.54, 1.807) is 13.0 Å². The van der Waals surface area contributed by atoms with E-state index in [4.69, 9.17) is 16.1 Å². The predicted octanol–water partition coefficient (Wildman–Crippen LogP) is 3.98. The Balaban J connectivity index is 2.19. The van der Waals surface area contributed by atoms with Gasteiger partial charge < -0.3 is 4.52 Å². The van der Waals surface area contributed by atoms with E-state index in [1.807, 2.05) is 0 Å². The van der Waals surface area contributed by atoms with Gasteiger partial charge in [-0.3, -0.25) is 0 Å². The number of alkyl halides is 4. The van der Waals surface area contributed by atoms with Crippen molar-refractivity contribution in [3.63, 3.8) is 0 Å². The lowest BCUT2D eigenvalue weighted by Crippen LogP contribution is -2.05. The number of hydrogen-bond acceptors (Lipinski definition) is 3. The molecule has 0 aliphatic carbocycles. The minimum atomic E-state index is -4.36. The lowest BCUT2D eigenvalue weighted by molar-refractivity contribution is -0.137. The van der Waals surface area contributed by atoms with E-state index in [0.717, 1.165) is 12.1 Å². The second-order valence-electron chi connectivity index (χ2n) is 4.04.